The van der Waals surface area contributed by atoms with Crippen LogP contribution in [-0.4, -0.2) is 35.4 Å². The second-order valence-corrected chi connectivity index (χ2v) is 6.34. The summed E-state index contributed by atoms with van der Waals surface area (Å²) in [6, 6.07) is 12.1. The third kappa shape index (κ3) is 4.72. The Balaban J connectivity index is 1.74. The number of anilines is 1. The number of hydrogen-bond donors (Lipinski definition) is 1. The van der Waals surface area contributed by atoms with Crippen LogP contribution in [0.1, 0.15) is 16.1 Å². The minimum absolute atomic E-state index is 0.115. The summed E-state index contributed by atoms with van der Waals surface area (Å²) < 4.78 is 24.3. The standard InChI is InChI=1S/C20H17ClFN3O4/c1-12-18(19(21)25(24-12)15-7-3-13(22)4-8-15)20(27)23-14-5-9-16(10-6-14)29-11-17(26)28-2/h3-10H,11H2,1-2H3,(H,23,27). The van der Waals surface area contributed by atoms with Crippen LogP contribution < -0.4 is 10.1 Å². The maximum Gasteiger partial charge on any atom is 0.343 e. The lowest BCUT2D eigenvalue weighted by Gasteiger charge is -2.08. The van der Waals surface area contributed by atoms with E-state index < -0.39 is 11.9 Å². The average molecular weight is 418 g/mol. The number of halogens is 2. The van der Waals surface area contributed by atoms with E-state index in [0.29, 0.717) is 22.8 Å². The van der Waals surface area contributed by atoms with E-state index in [1.807, 2.05) is 0 Å². The number of carbonyl (C=O) groups excluding carboxylic acids is 2. The van der Waals surface area contributed by atoms with E-state index in [1.165, 1.54) is 36.1 Å². The second kappa shape index (κ2) is 8.74. The van der Waals surface area contributed by atoms with Crippen molar-refractivity contribution in [2.45, 2.75) is 6.92 Å². The molecule has 3 aromatic rings. The number of ether oxygens (including phenoxy) is 2. The first-order valence-electron chi connectivity index (χ1n) is 8.51. The summed E-state index contributed by atoms with van der Waals surface area (Å²) in [6.07, 6.45) is 0. The molecule has 3 rings (SSSR count). The number of aromatic nitrogens is 2. The summed E-state index contributed by atoms with van der Waals surface area (Å²) >= 11 is 6.36. The summed E-state index contributed by atoms with van der Waals surface area (Å²) in [4.78, 5) is 23.8. The van der Waals surface area contributed by atoms with Crippen molar-refractivity contribution in [1.82, 2.24) is 9.78 Å². The molecule has 2 aromatic carbocycles. The van der Waals surface area contributed by atoms with Gasteiger partial charge in [-0.3, -0.25) is 4.79 Å². The highest BCUT2D eigenvalue weighted by Gasteiger charge is 2.21. The van der Waals surface area contributed by atoms with E-state index in [2.05, 4.69) is 15.2 Å². The van der Waals surface area contributed by atoms with Crippen LogP contribution in [0.25, 0.3) is 5.69 Å². The lowest BCUT2D eigenvalue weighted by Crippen LogP contribution is -2.14. The van der Waals surface area contributed by atoms with Crippen molar-refractivity contribution in [2.75, 3.05) is 19.0 Å². The monoisotopic (exact) mass is 417 g/mol. The SMILES string of the molecule is COC(=O)COc1ccc(NC(=O)c2c(C)nn(-c3ccc(F)cc3)c2Cl)cc1. The van der Waals surface area contributed by atoms with Crippen molar-refractivity contribution in [3.63, 3.8) is 0 Å². The van der Waals surface area contributed by atoms with Crippen LogP contribution in [0.2, 0.25) is 5.15 Å². The largest absolute Gasteiger partial charge is 0.482 e. The van der Waals surface area contributed by atoms with Crippen LogP contribution in [0.15, 0.2) is 48.5 Å². The van der Waals surface area contributed by atoms with Crippen LogP contribution >= 0.6 is 11.6 Å². The number of amides is 1. The Bertz CT molecular complexity index is 1030. The van der Waals surface area contributed by atoms with Gasteiger partial charge in [-0.05, 0) is 55.5 Å². The minimum atomic E-state index is -0.495. The summed E-state index contributed by atoms with van der Waals surface area (Å²) in [5.74, 6) is -0.868. The molecule has 0 saturated carbocycles. The summed E-state index contributed by atoms with van der Waals surface area (Å²) in [7, 11) is 1.27. The van der Waals surface area contributed by atoms with E-state index in [4.69, 9.17) is 16.3 Å². The van der Waals surface area contributed by atoms with Gasteiger partial charge in [0.25, 0.3) is 5.91 Å². The first kappa shape index (κ1) is 20.3. The van der Waals surface area contributed by atoms with Gasteiger partial charge in [0, 0.05) is 5.69 Å². The zero-order chi connectivity index (χ0) is 21.0. The number of benzene rings is 2. The van der Waals surface area contributed by atoms with Crippen molar-refractivity contribution in [1.29, 1.82) is 0 Å². The number of carbonyl (C=O) groups is 2. The molecule has 0 aliphatic carbocycles. The molecule has 1 N–H and O–H groups in total. The van der Waals surface area contributed by atoms with E-state index >= 15 is 0 Å². The molecule has 0 bridgehead atoms. The Labute approximate surface area is 171 Å². The summed E-state index contributed by atoms with van der Waals surface area (Å²) in [5, 5.41) is 7.12. The quantitative estimate of drug-likeness (QED) is 0.617. The normalized spacial score (nSPS) is 10.5. The topological polar surface area (TPSA) is 82.4 Å². The fraction of sp³-hybridized carbons (Fsp3) is 0.150. The average Bonchev–Trinajstić information content (AvgIpc) is 3.01. The molecule has 1 aromatic heterocycles. The molecule has 0 fully saturated rings. The number of aryl methyl sites for hydroxylation is 1. The van der Waals surface area contributed by atoms with Gasteiger partial charge in [-0.25, -0.2) is 13.9 Å². The highest BCUT2D eigenvalue weighted by atomic mass is 35.5. The minimum Gasteiger partial charge on any atom is -0.482 e. The van der Waals surface area contributed by atoms with Gasteiger partial charge in [0.2, 0.25) is 0 Å². The van der Waals surface area contributed by atoms with Gasteiger partial charge >= 0.3 is 5.97 Å². The molecule has 0 spiro atoms. The smallest absolute Gasteiger partial charge is 0.343 e. The third-order valence-electron chi connectivity index (χ3n) is 4.00. The highest BCUT2D eigenvalue weighted by molar-refractivity contribution is 6.34. The van der Waals surface area contributed by atoms with Crippen molar-refractivity contribution < 1.29 is 23.5 Å². The predicted molar refractivity (Wildman–Crippen MR) is 105 cm³/mol. The van der Waals surface area contributed by atoms with E-state index in [0.717, 1.165) is 0 Å². The Morgan fingerprint density at radius 2 is 1.79 bits per heavy atom. The maximum absolute atomic E-state index is 13.1. The highest BCUT2D eigenvalue weighted by Crippen LogP contribution is 2.25. The molecule has 29 heavy (non-hydrogen) atoms. The van der Waals surface area contributed by atoms with E-state index in [1.54, 1.807) is 31.2 Å². The fourth-order valence-corrected chi connectivity index (χ4v) is 2.90. The summed E-state index contributed by atoms with van der Waals surface area (Å²) in [6.45, 7) is 1.45. The lowest BCUT2D eigenvalue weighted by atomic mass is 10.2. The molecule has 0 unspecified atom stereocenters. The number of nitrogens with one attached hydrogen (secondary N) is 1. The fourth-order valence-electron chi connectivity index (χ4n) is 2.54. The molecule has 9 heteroatoms. The number of esters is 1. The van der Waals surface area contributed by atoms with Gasteiger partial charge in [0.1, 0.15) is 22.3 Å². The van der Waals surface area contributed by atoms with Crippen LogP contribution in [0.3, 0.4) is 0 Å². The van der Waals surface area contributed by atoms with Crippen molar-refractivity contribution in [2.24, 2.45) is 0 Å². The van der Waals surface area contributed by atoms with Gasteiger partial charge in [-0.1, -0.05) is 11.6 Å². The molecule has 0 aliphatic rings. The third-order valence-corrected chi connectivity index (χ3v) is 4.35. The second-order valence-electron chi connectivity index (χ2n) is 5.98. The Hall–Kier alpha value is -3.39. The molecule has 7 nitrogen and oxygen atoms in total. The van der Waals surface area contributed by atoms with Gasteiger partial charge in [0.15, 0.2) is 6.61 Å². The van der Waals surface area contributed by atoms with Crippen LogP contribution in [0, 0.1) is 12.7 Å². The number of nitrogens with zero attached hydrogens (tertiary/aromatic N) is 2. The van der Waals surface area contributed by atoms with Crippen LogP contribution in [0.4, 0.5) is 10.1 Å². The molecule has 0 aliphatic heterocycles. The molecule has 150 valence electrons. The number of hydrogen-bond acceptors (Lipinski definition) is 5. The van der Waals surface area contributed by atoms with Crippen molar-refractivity contribution in [3.8, 4) is 11.4 Å². The van der Waals surface area contributed by atoms with Crippen LogP contribution in [0.5, 0.6) is 5.75 Å². The van der Waals surface area contributed by atoms with E-state index in [-0.39, 0.29) is 23.1 Å². The maximum atomic E-state index is 13.1. The van der Waals surface area contributed by atoms with Crippen LogP contribution in [-0.2, 0) is 9.53 Å². The Kier molecular flexibility index (Phi) is 6.13. The van der Waals surface area contributed by atoms with Gasteiger partial charge in [0.05, 0.1) is 18.5 Å². The Morgan fingerprint density at radius 1 is 1.14 bits per heavy atom. The molecular weight excluding hydrogens is 401 g/mol. The number of rotatable bonds is 6. The zero-order valence-electron chi connectivity index (χ0n) is 15.6. The van der Waals surface area contributed by atoms with Gasteiger partial charge in [-0.15, -0.1) is 0 Å². The number of methoxy groups -OCH3 is 1. The Morgan fingerprint density at radius 3 is 2.41 bits per heavy atom. The summed E-state index contributed by atoms with van der Waals surface area (Å²) in [5.41, 5.74) is 1.67. The first-order chi connectivity index (χ1) is 13.9. The van der Waals surface area contributed by atoms with E-state index in [9.17, 15) is 14.0 Å². The van der Waals surface area contributed by atoms with Gasteiger partial charge in [-0.2, -0.15) is 5.10 Å². The molecule has 1 heterocycles. The predicted octanol–water partition coefficient (Wildman–Crippen LogP) is 3.78. The lowest BCUT2D eigenvalue weighted by molar-refractivity contribution is -0.142. The molecule has 1 amide bonds. The molecule has 0 radical (unpaired) electrons. The van der Waals surface area contributed by atoms with Gasteiger partial charge < -0.3 is 14.8 Å². The molecular formula is C20H17ClFN3O4. The van der Waals surface area contributed by atoms with Crippen molar-refractivity contribution in [3.05, 3.63) is 70.8 Å². The molecule has 0 atom stereocenters. The molecule has 0 saturated heterocycles. The van der Waals surface area contributed by atoms with Crippen molar-refractivity contribution >= 4 is 29.2 Å². The first-order valence-corrected chi connectivity index (χ1v) is 8.89. The zero-order valence-corrected chi connectivity index (χ0v) is 16.4.